The molecule has 5 heteroatoms. The van der Waals surface area contributed by atoms with Gasteiger partial charge in [0.1, 0.15) is 0 Å². The maximum absolute atomic E-state index is 12.7. The van der Waals surface area contributed by atoms with Crippen molar-refractivity contribution in [2.24, 2.45) is 28.8 Å². The van der Waals surface area contributed by atoms with E-state index in [1.54, 1.807) is 6.21 Å². The summed E-state index contributed by atoms with van der Waals surface area (Å²) < 4.78 is 0. The first-order valence-electron chi connectivity index (χ1n) is 8.40. The summed E-state index contributed by atoms with van der Waals surface area (Å²) in [6.07, 6.45) is 9.70. The molecule has 1 N–H and O–H groups in total. The van der Waals surface area contributed by atoms with E-state index in [-0.39, 0.29) is 35.5 Å². The largest absolute Gasteiger partial charge is 0.361 e. The third kappa shape index (κ3) is 1.78. The zero-order valence-electron chi connectivity index (χ0n) is 13.1. The molecule has 0 spiro atoms. The van der Waals surface area contributed by atoms with Crippen LogP contribution in [0.3, 0.4) is 0 Å². The second-order valence-corrected chi connectivity index (χ2v) is 6.86. The Morgan fingerprint density at radius 1 is 1.04 bits per heavy atom. The lowest BCUT2D eigenvalue weighted by atomic mass is 9.63. The number of imide groups is 1. The van der Waals surface area contributed by atoms with E-state index in [4.69, 9.17) is 0 Å². The molecule has 0 unspecified atom stereocenters. The second kappa shape index (κ2) is 4.90. The molecule has 2 fully saturated rings. The molecule has 4 atom stereocenters. The maximum Gasteiger partial charge on any atom is 0.254 e. The van der Waals surface area contributed by atoms with Crippen LogP contribution in [0.25, 0.3) is 10.9 Å². The van der Waals surface area contributed by atoms with Gasteiger partial charge in [-0.3, -0.25) is 9.59 Å². The highest BCUT2D eigenvalue weighted by Gasteiger charge is 2.56. The third-order valence-electron chi connectivity index (χ3n) is 5.67. The van der Waals surface area contributed by atoms with Crippen molar-refractivity contribution in [3.63, 3.8) is 0 Å². The number of carbonyl (C=O) groups is 2. The van der Waals surface area contributed by atoms with Gasteiger partial charge in [0, 0.05) is 22.7 Å². The zero-order chi connectivity index (χ0) is 16.3. The quantitative estimate of drug-likeness (QED) is 0.525. The first kappa shape index (κ1) is 13.7. The summed E-state index contributed by atoms with van der Waals surface area (Å²) in [7, 11) is 0. The van der Waals surface area contributed by atoms with Gasteiger partial charge in [-0.2, -0.15) is 10.1 Å². The number of nitrogens with zero attached hydrogens (tertiary/aromatic N) is 2. The van der Waals surface area contributed by atoms with E-state index in [0.29, 0.717) is 0 Å². The van der Waals surface area contributed by atoms with Gasteiger partial charge in [-0.1, -0.05) is 30.4 Å². The summed E-state index contributed by atoms with van der Waals surface area (Å²) in [5.74, 6) is -0.294. The Morgan fingerprint density at radius 2 is 1.71 bits per heavy atom. The van der Waals surface area contributed by atoms with E-state index < -0.39 is 0 Å². The number of nitrogens with one attached hydrogen (secondary N) is 1. The van der Waals surface area contributed by atoms with Crippen LogP contribution in [-0.4, -0.2) is 28.0 Å². The Hall–Kier alpha value is -2.69. The van der Waals surface area contributed by atoms with Gasteiger partial charge in [0.2, 0.25) is 0 Å². The number of carbonyl (C=O) groups excluding carboxylic acids is 2. The Bertz CT molecular complexity index is 878. The highest BCUT2D eigenvalue weighted by molar-refractivity contribution is 6.07. The minimum absolute atomic E-state index is 0.139. The lowest BCUT2D eigenvalue weighted by Crippen LogP contribution is -2.38. The van der Waals surface area contributed by atoms with Crippen molar-refractivity contribution in [3.05, 3.63) is 48.2 Å². The molecule has 120 valence electrons. The van der Waals surface area contributed by atoms with E-state index in [9.17, 15) is 9.59 Å². The molecule has 1 saturated heterocycles. The molecule has 0 radical (unpaired) electrons. The van der Waals surface area contributed by atoms with Crippen LogP contribution in [0.4, 0.5) is 0 Å². The van der Waals surface area contributed by atoms with Crippen LogP contribution in [0.15, 0.2) is 47.7 Å². The number of allylic oxidation sites excluding steroid dienone is 2. The highest BCUT2D eigenvalue weighted by Crippen LogP contribution is 2.49. The van der Waals surface area contributed by atoms with Crippen molar-refractivity contribution in [2.45, 2.75) is 12.8 Å². The Kier molecular flexibility index (Phi) is 2.80. The van der Waals surface area contributed by atoms with Crippen LogP contribution in [0.1, 0.15) is 18.4 Å². The molecule has 1 aromatic heterocycles. The number of aromatic nitrogens is 1. The smallest absolute Gasteiger partial charge is 0.254 e. The number of amides is 2. The number of benzene rings is 1. The van der Waals surface area contributed by atoms with Crippen LogP contribution < -0.4 is 0 Å². The van der Waals surface area contributed by atoms with Crippen LogP contribution in [0.2, 0.25) is 0 Å². The molecule has 3 aliphatic carbocycles. The molecule has 6 rings (SSSR count). The van der Waals surface area contributed by atoms with Gasteiger partial charge in [0.15, 0.2) is 0 Å². The lowest BCUT2D eigenvalue weighted by molar-refractivity contribution is -0.140. The average Bonchev–Trinajstić information content (AvgIpc) is 3.15. The molecule has 2 amide bonds. The zero-order valence-corrected chi connectivity index (χ0v) is 13.1. The van der Waals surface area contributed by atoms with Gasteiger partial charge in [-0.15, -0.1) is 0 Å². The van der Waals surface area contributed by atoms with Crippen molar-refractivity contribution in [3.8, 4) is 0 Å². The molecule has 2 aromatic rings. The third-order valence-corrected chi connectivity index (χ3v) is 5.67. The van der Waals surface area contributed by atoms with Crippen molar-refractivity contribution in [1.29, 1.82) is 0 Å². The van der Waals surface area contributed by atoms with E-state index in [0.717, 1.165) is 34.3 Å². The Balaban J connectivity index is 1.48. The number of rotatable bonds is 2. The first-order valence-corrected chi connectivity index (χ1v) is 8.40. The van der Waals surface area contributed by atoms with Crippen LogP contribution >= 0.6 is 0 Å². The fraction of sp³-hybridized carbons (Fsp3) is 0.316. The minimum atomic E-state index is -0.207. The predicted molar refractivity (Wildman–Crippen MR) is 90.1 cm³/mol. The van der Waals surface area contributed by atoms with Gasteiger partial charge < -0.3 is 4.98 Å². The Labute approximate surface area is 139 Å². The van der Waals surface area contributed by atoms with Crippen LogP contribution in [-0.2, 0) is 9.59 Å². The van der Waals surface area contributed by atoms with Crippen molar-refractivity contribution in [1.82, 2.24) is 9.99 Å². The number of para-hydroxylation sites is 1. The number of hydrogen-bond acceptors (Lipinski definition) is 3. The summed E-state index contributed by atoms with van der Waals surface area (Å²) in [6.45, 7) is 0. The molecule has 24 heavy (non-hydrogen) atoms. The summed E-state index contributed by atoms with van der Waals surface area (Å²) in [5.41, 5.74) is 1.89. The normalized spacial score (nSPS) is 31.6. The molecular weight excluding hydrogens is 302 g/mol. The van der Waals surface area contributed by atoms with Gasteiger partial charge in [0.25, 0.3) is 11.8 Å². The molecule has 2 heterocycles. The number of fused-ring (bicyclic) bond motifs is 2. The maximum atomic E-state index is 12.7. The van der Waals surface area contributed by atoms with Crippen LogP contribution in [0, 0.1) is 23.7 Å². The lowest BCUT2D eigenvalue weighted by Gasteiger charge is -2.37. The summed E-state index contributed by atoms with van der Waals surface area (Å²) >= 11 is 0. The van der Waals surface area contributed by atoms with Crippen molar-refractivity contribution >= 4 is 28.9 Å². The van der Waals surface area contributed by atoms with Crippen molar-refractivity contribution in [2.75, 3.05) is 0 Å². The number of aromatic amines is 1. The molecule has 5 nitrogen and oxygen atoms in total. The molecule has 2 bridgehead atoms. The minimum Gasteiger partial charge on any atom is -0.361 e. The number of hydrogen-bond donors (Lipinski definition) is 1. The molecule has 1 aliphatic heterocycles. The van der Waals surface area contributed by atoms with E-state index in [1.165, 1.54) is 0 Å². The number of H-pyrrole nitrogens is 1. The fourth-order valence-electron chi connectivity index (χ4n) is 4.49. The molecular formula is C19H17N3O2. The van der Waals surface area contributed by atoms with E-state index in [1.807, 2.05) is 30.5 Å². The summed E-state index contributed by atoms with van der Waals surface area (Å²) in [5, 5.41) is 6.39. The summed E-state index contributed by atoms with van der Waals surface area (Å²) in [4.78, 5) is 28.6. The van der Waals surface area contributed by atoms with Crippen LogP contribution in [0.5, 0.6) is 0 Å². The van der Waals surface area contributed by atoms with E-state index >= 15 is 0 Å². The first-order chi connectivity index (χ1) is 11.7. The molecule has 1 aromatic carbocycles. The van der Waals surface area contributed by atoms with Gasteiger partial charge in [0.05, 0.1) is 18.1 Å². The topological polar surface area (TPSA) is 65.5 Å². The monoisotopic (exact) mass is 319 g/mol. The predicted octanol–water partition coefficient (Wildman–Crippen LogP) is 2.70. The van der Waals surface area contributed by atoms with Crippen molar-refractivity contribution < 1.29 is 9.59 Å². The Morgan fingerprint density at radius 3 is 2.38 bits per heavy atom. The van der Waals surface area contributed by atoms with Gasteiger partial charge in [-0.25, -0.2) is 0 Å². The SMILES string of the molecule is O=C1[C@@H]2[C@H](C(=O)N1/N=C\c1c[nH]c3ccccc13)[C@@H]1C=C[C@@H]2CC1. The number of hydrazone groups is 1. The fourth-order valence-corrected chi connectivity index (χ4v) is 4.49. The summed E-state index contributed by atoms with van der Waals surface area (Å²) in [6, 6.07) is 7.89. The van der Waals surface area contributed by atoms with E-state index in [2.05, 4.69) is 22.2 Å². The standard InChI is InChI=1S/C19H17N3O2/c23-18-16-11-5-6-12(8-7-11)17(16)19(24)22(18)21-10-13-9-20-15-4-2-1-3-14(13)15/h1-6,9-12,16-17,20H,7-8H2/b21-10-/t11-,12-,16-,17+/m1/s1. The molecule has 1 saturated carbocycles. The average molecular weight is 319 g/mol. The second-order valence-electron chi connectivity index (χ2n) is 6.86. The highest BCUT2D eigenvalue weighted by atomic mass is 16.2. The molecule has 4 aliphatic rings. The van der Waals surface area contributed by atoms with Gasteiger partial charge >= 0.3 is 0 Å². The van der Waals surface area contributed by atoms with Gasteiger partial charge in [-0.05, 0) is 30.7 Å².